The molecule has 0 unspecified atom stereocenters. The van der Waals surface area contributed by atoms with Crippen molar-refractivity contribution in [2.24, 2.45) is 0 Å². The lowest BCUT2D eigenvalue weighted by Crippen LogP contribution is -2.51. The number of hydrogen-bond donors (Lipinski definition) is 1. The predicted molar refractivity (Wildman–Crippen MR) is 149 cm³/mol. The van der Waals surface area contributed by atoms with Gasteiger partial charge in [0.1, 0.15) is 6.04 Å². The highest BCUT2D eigenvalue weighted by Crippen LogP contribution is 2.32. The Bertz CT molecular complexity index is 1230. The highest BCUT2D eigenvalue weighted by Gasteiger charge is 2.32. The Morgan fingerprint density at radius 1 is 1.00 bits per heavy atom. The predicted octanol–water partition coefficient (Wildman–Crippen LogP) is 5.16. The monoisotopic (exact) mass is 581 g/mol. The summed E-state index contributed by atoms with van der Waals surface area (Å²) in [6.07, 6.45) is 1.91. The van der Waals surface area contributed by atoms with Gasteiger partial charge in [-0.1, -0.05) is 55.7 Å². The van der Waals surface area contributed by atoms with Crippen LogP contribution in [0.1, 0.15) is 63.0 Å². The number of rotatable bonds is 12. The topological polar surface area (TPSA) is 86.8 Å². The maximum absolute atomic E-state index is 13.4. The van der Waals surface area contributed by atoms with E-state index in [1.807, 2.05) is 30.3 Å². The van der Waals surface area contributed by atoms with Gasteiger partial charge in [0.15, 0.2) is 0 Å². The van der Waals surface area contributed by atoms with Crippen molar-refractivity contribution in [1.29, 1.82) is 0 Å². The van der Waals surface area contributed by atoms with Crippen molar-refractivity contribution in [1.82, 2.24) is 10.2 Å². The van der Waals surface area contributed by atoms with Crippen molar-refractivity contribution < 1.29 is 31.2 Å². The summed E-state index contributed by atoms with van der Waals surface area (Å²) in [6.45, 7) is 1.80. The van der Waals surface area contributed by atoms with E-state index in [0.717, 1.165) is 66.4 Å². The molecule has 1 saturated carbocycles. The minimum absolute atomic E-state index is 0.0686. The molecule has 1 N–H and O–H groups in total. The van der Waals surface area contributed by atoms with Crippen molar-refractivity contribution >= 4 is 27.5 Å². The molecule has 2 amide bonds. The van der Waals surface area contributed by atoms with Gasteiger partial charge in [0.25, 0.3) is 0 Å². The third-order valence-electron chi connectivity index (χ3n) is 7.22. The molecule has 0 aromatic heterocycles. The van der Waals surface area contributed by atoms with Crippen molar-refractivity contribution in [2.45, 2.75) is 76.6 Å². The van der Waals surface area contributed by atoms with E-state index in [-0.39, 0.29) is 42.9 Å². The van der Waals surface area contributed by atoms with Crippen molar-refractivity contribution in [3.8, 4) is 0 Å². The van der Waals surface area contributed by atoms with Crippen LogP contribution in [-0.2, 0) is 32.2 Å². The average Bonchev–Trinajstić information content (AvgIpc) is 2.91. The summed E-state index contributed by atoms with van der Waals surface area (Å²) in [5, 5.41) is 3.07. The fourth-order valence-corrected chi connectivity index (χ4v) is 5.94. The number of carbonyl (C=O) groups excluding carboxylic acids is 2. The Labute approximate surface area is 234 Å². The molecule has 2 aromatic rings. The average molecular weight is 582 g/mol. The van der Waals surface area contributed by atoms with Gasteiger partial charge in [-0.05, 0) is 56.4 Å². The minimum Gasteiger partial charge on any atom is -0.352 e. The summed E-state index contributed by atoms with van der Waals surface area (Å²) in [5.74, 6) is -0.547. The number of anilines is 1. The highest BCUT2D eigenvalue weighted by atomic mass is 32.2. The molecular formula is C29H38F3N3O4S. The molecule has 0 radical (unpaired) electrons. The van der Waals surface area contributed by atoms with E-state index in [1.54, 1.807) is 6.92 Å². The molecule has 7 nitrogen and oxygen atoms in total. The third kappa shape index (κ3) is 9.25. The molecule has 220 valence electrons. The second-order valence-electron chi connectivity index (χ2n) is 10.3. The number of halogens is 3. The summed E-state index contributed by atoms with van der Waals surface area (Å²) in [7, 11) is -3.91. The van der Waals surface area contributed by atoms with E-state index < -0.39 is 27.8 Å². The Hall–Kier alpha value is -3.08. The smallest absolute Gasteiger partial charge is 0.352 e. The lowest BCUT2D eigenvalue weighted by molar-refractivity contribution is -0.140. The number of nitrogens with zero attached hydrogens (tertiary/aromatic N) is 2. The number of alkyl halides is 3. The molecule has 0 saturated heterocycles. The van der Waals surface area contributed by atoms with E-state index >= 15 is 0 Å². The Morgan fingerprint density at radius 2 is 1.68 bits per heavy atom. The van der Waals surface area contributed by atoms with Crippen molar-refractivity contribution in [3.63, 3.8) is 0 Å². The van der Waals surface area contributed by atoms with Gasteiger partial charge < -0.3 is 10.2 Å². The molecule has 3 rings (SSSR count). The third-order valence-corrected chi connectivity index (χ3v) is 8.41. The van der Waals surface area contributed by atoms with Crippen LogP contribution >= 0.6 is 0 Å². The molecule has 11 heteroatoms. The molecule has 1 aliphatic rings. The van der Waals surface area contributed by atoms with Gasteiger partial charge in [0.05, 0.1) is 17.5 Å². The number of hydrogen-bond acceptors (Lipinski definition) is 4. The van der Waals surface area contributed by atoms with Crippen LogP contribution in [0.2, 0.25) is 0 Å². The zero-order valence-corrected chi connectivity index (χ0v) is 23.8. The van der Waals surface area contributed by atoms with E-state index in [0.29, 0.717) is 13.0 Å². The van der Waals surface area contributed by atoms with Gasteiger partial charge in [-0.25, -0.2) is 8.42 Å². The van der Waals surface area contributed by atoms with Gasteiger partial charge in [-0.2, -0.15) is 13.2 Å². The fourth-order valence-electron chi connectivity index (χ4n) is 4.98. The quantitative estimate of drug-likeness (QED) is 0.375. The molecule has 1 aliphatic carbocycles. The zero-order valence-electron chi connectivity index (χ0n) is 23.0. The highest BCUT2D eigenvalue weighted by molar-refractivity contribution is 7.92. The van der Waals surface area contributed by atoms with Crippen LogP contribution < -0.4 is 9.62 Å². The van der Waals surface area contributed by atoms with Gasteiger partial charge in [0.2, 0.25) is 21.8 Å². The second kappa shape index (κ2) is 14.0. The normalized spacial score (nSPS) is 15.3. The number of benzene rings is 2. The van der Waals surface area contributed by atoms with Gasteiger partial charge in [-0.15, -0.1) is 0 Å². The first-order valence-corrected chi connectivity index (χ1v) is 15.5. The molecule has 0 spiro atoms. The SMILES string of the molecule is C[C@@H](C(=O)NC1CCCCC1)N(CCc1ccccc1)C(=O)CCCN(c1cccc(C(F)(F)F)c1)S(C)(=O)=O. The van der Waals surface area contributed by atoms with Crippen LogP contribution in [-0.4, -0.2) is 56.6 Å². The summed E-state index contributed by atoms with van der Waals surface area (Å²) >= 11 is 0. The Kier molecular flexibility index (Phi) is 11.0. The summed E-state index contributed by atoms with van der Waals surface area (Å²) in [6, 6.07) is 13.0. The number of carbonyl (C=O) groups is 2. The minimum atomic E-state index is -4.62. The molecular weight excluding hydrogens is 543 g/mol. The zero-order chi connectivity index (χ0) is 29.3. The van der Waals surface area contributed by atoms with Gasteiger partial charge in [0, 0.05) is 25.6 Å². The van der Waals surface area contributed by atoms with Crippen LogP contribution in [0.15, 0.2) is 54.6 Å². The first kappa shape index (κ1) is 31.4. The fraction of sp³-hybridized carbons (Fsp3) is 0.517. The van der Waals surface area contributed by atoms with E-state index in [1.165, 1.54) is 11.0 Å². The number of sulfonamides is 1. The lowest BCUT2D eigenvalue weighted by Gasteiger charge is -2.31. The van der Waals surface area contributed by atoms with Gasteiger partial charge >= 0.3 is 6.18 Å². The summed E-state index contributed by atoms with van der Waals surface area (Å²) < 4.78 is 65.4. The Balaban J connectivity index is 1.70. The number of nitrogens with one attached hydrogen (secondary N) is 1. The molecule has 2 aromatic carbocycles. The van der Waals surface area contributed by atoms with Crippen molar-refractivity contribution in [3.05, 3.63) is 65.7 Å². The van der Waals surface area contributed by atoms with Crippen LogP contribution in [0.3, 0.4) is 0 Å². The number of amides is 2. The lowest BCUT2D eigenvalue weighted by atomic mass is 9.95. The standard InChI is InChI=1S/C29H38F3N3O4S/c1-22(28(37)33-25-14-7-4-8-15-25)34(20-18-23-11-5-3-6-12-23)27(36)17-10-19-35(40(2,38)39)26-16-9-13-24(21-26)29(30,31)32/h3,5-6,9,11-13,16,21-22,25H,4,7-8,10,14-15,17-20H2,1-2H3,(H,33,37)/t22-/m0/s1. The largest absolute Gasteiger partial charge is 0.416 e. The molecule has 40 heavy (non-hydrogen) atoms. The maximum atomic E-state index is 13.4. The molecule has 1 atom stereocenters. The van der Waals surface area contributed by atoms with E-state index in [2.05, 4.69) is 5.32 Å². The van der Waals surface area contributed by atoms with Crippen LogP contribution in [0, 0.1) is 0 Å². The second-order valence-corrected chi connectivity index (χ2v) is 12.2. The molecule has 0 bridgehead atoms. The Morgan fingerprint density at radius 3 is 2.30 bits per heavy atom. The van der Waals surface area contributed by atoms with Crippen LogP contribution in [0.5, 0.6) is 0 Å². The maximum Gasteiger partial charge on any atom is 0.416 e. The van der Waals surface area contributed by atoms with E-state index in [9.17, 15) is 31.2 Å². The molecule has 1 fully saturated rings. The van der Waals surface area contributed by atoms with Crippen LogP contribution in [0.4, 0.5) is 18.9 Å². The van der Waals surface area contributed by atoms with Gasteiger partial charge in [-0.3, -0.25) is 13.9 Å². The summed E-state index contributed by atoms with van der Waals surface area (Å²) in [5.41, 5.74) is -0.0708. The van der Waals surface area contributed by atoms with E-state index in [4.69, 9.17) is 0 Å². The first-order chi connectivity index (χ1) is 18.9. The first-order valence-electron chi connectivity index (χ1n) is 13.6. The molecule has 0 heterocycles. The van der Waals surface area contributed by atoms with Crippen LogP contribution in [0.25, 0.3) is 0 Å². The molecule has 0 aliphatic heterocycles. The van der Waals surface area contributed by atoms with Crippen molar-refractivity contribution in [2.75, 3.05) is 23.7 Å². The summed E-state index contributed by atoms with van der Waals surface area (Å²) in [4.78, 5) is 28.0.